The van der Waals surface area contributed by atoms with E-state index in [0.29, 0.717) is 60.5 Å². The molecule has 0 N–H and O–H groups in total. The molecular formula is C33H44O8. The average molecular weight is 569 g/mol. The summed E-state index contributed by atoms with van der Waals surface area (Å²) in [5.74, 6) is 0.626. The summed E-state index contributed by atoms with van der Waals surface area (Å²) in [7, 11) is 1.50. The van der Waals surface area contributed by atoms with Crippen molar-refractivity contribution in [2.24, 2.45) is 5.92 Å². The molecule has 0 unspecified atom stereocenters. The fourth-order valence-electron chi connectivity index (χ4n) is 3.77. The molecule has 0 amide bonds. The Morgan fingerprint density at radius 3 is 2.12 bits per heavy atom. The largest absolute Gasteiger partial charge is 0.494 e. The monoisotopic (exact) mass is 568 g/mol. The number of methoxy groups -OCH3 is 1. The van der Waals surface area contributed by atoms with Crippen molar-refractivity contribution >= 4 is 17.9 Å². The van der Waals surface area contributed by atoms with E-state index in [0.717, 1.165) is 44.1 Å². The third kappa shape index (κ3) is 13.4. The van der Waals surface area contributed by atoms with Crippen LogP contribution in [0, 0.1) is 5.92 Å². The molecule has 0 spiro atoms. The van der Waals surface area contributed by atoms with Crippen LogP contribution >= 0.6 is 0 Å². The normalized spacial score (nSPS) is 10.7. The Bertz CT molecular complexity index is 1120. The first-order valence-electron chi connectivity index (χ1n) is 14.3. The summed E-state index contributed by atoms with van der Waals surface area (Å²) in [6, 6.07) is 12.1. The molecule has 0 radical (unpaired) electrons. The van der Waals surface area contributed by atoms with Crippen molar-refractivity contribution in [1.29, 1.82) is 0 Å². The Balaban J connectivity index is 1.69. The van der Waals surface area contributed by atoms with Gasteiger partial charge in [0.15, 0.2) is 11.5 Å². The van der Waals surface area contributed by atoms with Crippen LogP contribution in [-0.2, 0) is 25.5 Å². The highest BCUT2D eigenvalue weighted by Crippen LogP contribution is 2.29. The Hall–Kier alpha value is -3.81. The van der Waals surface area contributed by atoms with Gasteiger partial charge in [-0.1, -0.05) is 52.2 Å². The van der Waals surface area contributed by atoms with Crippen LogP contribution in [0.15, 0.2) is 54.6 Å². The summed E-state index contributed by atoms with van der Waals surface area (Å²) in [6.45, 7) is 10.6. The van der Waals surface area contributed by atoms with Gasteiger partial charge in [-0.2, -0.15) is 0 Å². The van der Waals surface area contributed by atoms with Crippen LogP contribution in [0.25, 0.3) is 0 Å². The van der Waals surface area contributed by atoms with E-state index in [1.807, 2.05) is 13.8 Å². The molecule has 2 aromatic carbocycles. The topological polar surface area (TPSA) is 97.4 Å². The average Bonchev–Trinajstić information content (AvgIpc) is 2.96. The fourth-order valence-corrected chi connectivity index (χ4v) is 3.77. The standard InChI is InChI=1S/C33H44O8/c1-24(2)23-40-31(34)19-13-26-12-18-29(30(22-26)37-5)41-33(36)27-14-16-28(17-15-27)38-20-10-8-6-7-9-11-21-39-32(35)25(3)4/h12,14-18,22,24H,3,6-11,13,19-21,23H2,1-2,4-5H3. The SMILES string of the molecule is C=C(C)C(=O)OCCCCCCCCOc1ccc(C(=O)Oc2ccc(CCC(=O)OCC(C)C)cc2OC)cc1. The Morgan fingerprint density at radius 1 is 0.829 bits per heavy atom. The zero-order valence-electron chi connectivity index (χ0n) is 24.9. The number of hydrogen-bond acceptors (Lipinski definition) is 8. The minimum Gasteiger partial charge on any atom is -0.494 e. The number of carbonyl (C=O) groups is 3. The van der Waals surface area contributed by atoms with Crippen molar-refractivity contribution in [1.82, 2.24) is 0 Å². The minimum absolute atomic E-state index is 0.243. The Labute approximate surface area is 244 Å². The van der Waals surface area contributed by atoms with Crippen molar-refractivity contribution in [3.05, 3.63) is 65.7 Å². The molecule has 224 valence electrons. The summed E-state index contributed by atoms with van der Waals surface area (Å²) in [4.78, 5) is 35.9. The van der Waals surface area contributed by atoms with E-state index in [1.54, 1.807) is 49.4 Å². The molecule has 0 aliphatic carbocycles. The highest BCUT2D eigenvalue weighted by atomic mass is 16.6. The van der Waals surface area contributed by atoms with Gasteiger partial charge in [0.2, 0.25) is 0 Å². The maximum Gasteiger partial charge on any atom is 0.343 e. The lowest BCUT2D eigenvalue weighted by atomic mass is 10.1. The predicted molar refractivity (Wildman–Crippen MR) is 157 cm³/mol. The highest BCUT2D eigenvalue weighted by molar-refractivity contribution is 5.91. The van der Waals surface area contributed by atoms with Gasteiger partial charge in [0.25, 0.3) is 0 Å². The van der Waals surface area contributed by atoms with E-state index < -0.39 is 5.97 Å². The first kappa shape index (κ1) is 33.4. The van der Waals surface area contributed by atoms with E-state index in [9.17, 15) is 14.4 Å². The highest BCUT2D eigenvalue weighted by Gasteiger charge is 2.14. The molecule has 8 heteroatoms. The van der Waals surface area contributed by atoms with Crippen molar-refractivity contribution in [2.45, 2.75) is 72.1 Å². The maximum atomic E-state index is 12.7. The van der Waals surface area contributed by atoms with Crippen LogP contribution in [0.2, 0.25) is 0 Å². The molecule has 2 aromatic rings. The first-order valence-corrected chi connectivity index (χ1v) is 14.3. The van der Waals surface area contributed by atoms with Crippen LogP contribution in [-0.4, -0.2) is 44.8 Å². The number of ether oxygens (including phenoxy) is 5. The van der Waals surface area contributed by atoms with Crippen LogP contribution < -0.4 is 14.2 Å². The first-order chi connectivity index (χ1) is 19.7. The smallest absolute Gasteiger partial charge is 0.343 e. The van der Waals surface area contributed by atoms with E-state index in [2.05, 4.69) is 6.58 Å². The fraction of sp³-hybridized carbons (Fsp3) is 0.485. The molecule has 0 aromatic heterocycles. The number of carbonyl (C=O) groups excluding carboxylic acids is 3. The van der Waals surface area contributed by atoms with Crippen LogP contribution in [0.1, 0.15) is 81.6 Å². The van der Waals surface area contributed by atoms with E-state index >= 15 is 0 Å². The summed E-state index contributed by atoms with van der Waals surface area (Å²) in [6.07, 6.45) is 6.81. The van der Waals surface area contributed by atoms with Gasteiger partial charge < -0.3 is 23.7 Å². The second-order valence-electron chi connectivity index (χ2n) is 10.4. The second kappa shape index (κ2) is 18.5. The molecule has 41 heavy (non-hydrogen) atoms. The molecule has 0 heterocycles. The van der Waals surface area contributed by atoms with Crippen LogP contribution in [0.4, 0.5) is 0 Å². The summed E-state index contributed by atoms with van der Waals surface area (Å²) >= 11 is 0. The molecule has 0 aliphatic rings. The molecule has 0 saturated heterocycles. The van der Waals surface area contributed by atoms with Crippen molar-refractivity contribution < 1.29 is 38.1 Å². The van der Waals surface area contributed by atoms with Gasteiger partial charge in [-0.05, 0) is 74.1 Å². The molecule has 0 aliphatic heterocycles. The quantitative estimate of drug-likeness (QED) is 0.0783. The Morgan fingerprint density at radius 2 is 1.49 bits per heavy atom. The lowest BCUT2D eigenvalue weighted by Gasteiger charge is -2.12. The van der Waals surface area contributed by atoms with Gasteiger partial charge >= 0.3 is 17.9 Å². The molecule has 0 atom stereocenters. The van der Waals surface area contributed by atoms with E-state index in [-0.39, 0.29) is 18.4 Å². The van der Waals surface area contributed by atoms with E-state index in [4.69, 9.17) is 23.7 Å². The molecule has 2 rings (SSSR count). The molecular weight excluding hydrogens is 524 g/mol. The Kier molecular flexibility index (Phi) is 15.1. The third-order valence-corrected chi connectivity index (χ3v) is 6.11. The van der Waals surface area contributed by atoms with Crippen molar-refractivity contribution in [3.63, 3.8) is 0 Å². The molecule has 0 bridgehead atoms. The zero-order valence-corrected chi connectivity index (χ0v) is 24.9. The summed E-state index contributed by atoms with van der Waals surface area (Å²) in [5, 5.41) is 0. The predicted octanol–water partition coefficient (Wildman–Crippen LogP) is 6.88. The van der Waals surface area contributed by atoms with Gasteiger partial charge in [-0.25, -0.2) is 9.59 Å². The molecule has 0 saturated carbocycles. The van der Waals surface area contributed by atoms with Gasteiger partial charge in [-0.15, -0.1) is 0 Å². The van der Waals surface area contributed by atoms with Crippen molar-refractivity contribution in [2.75, 3.05) is 26.9 Å². The van der Waals surface area contributed by atoms with Crippen molar-refractivity contribution in [3.8, 4) is 17.2 Å². The summed E-state index contributed by atoms with van der Waals surface area (Å²) in [5.41, 5.74) is 1.70. The van der Waals surface area contributed by atoms with Gasteiger partial charge in [0.1, 0.15) is 5.75 Å². The van der Waals surface area contributed by atoms with E-state index in [1.165, 1.54) is 7.11 Å². The van der Waals surface area contributed by atoms with Gasteiger partial charge in [0, 0.05) is 12.0 Å². The zero-order chi connectivity index (χ0) is 30.0. The number of rotatable bonds is 19. The summed E-state index contributed by atoms with van der Waals surface area (Å²) < 4.78 is 27.1. The number of esters is 3. The number of benzene rings is 2. The van der Waals surface area contributed by atoms with Gasteiger partial charge in [-0.3, -0.25) is 4.79 Å². The number of unbranched alkanes of at least 4 members (excludes halogenated alkanes) is 5. The maximum absolute atomic E-state index is 12.7. The lowest BCUT2D eigenvalue weighted by molar-refractivity contribution is -0.144. The third-order valence-electron chi connectivity index (χ3n) is 6.11. The minimum atomic E-state index is -0.505. The van der Waals surface area contributed by atoms with Gasteiger partial charge in [0.05, 0.1) is 32.5 Å². The lowest BCUT2D eigenvalue weighted by Crippen LogP contribution is -2.11. The number of aryl methyl sites for hydroxylation is 1. The van der Waals surface area contributed by atoms with Crippen LogP contribution in [0.3, 0.4) is 0 Å². The molecule has 0 fully saturated rings. The second-order valence-corrected chi connectivity index (χ2v) is 10.4. The molecule has 8 nitrogen and oxygen atoms in total. The van der Waals surface area contributed by atoms with Crippen LogP contribution in [0.5, 0.6) is 17.2 Å². The number of hydrogen-bond donors (Lipinski definition) is 0.